The second-order valence-corrected chi connectivity index (χ2v) is 5.64. The van der Waals surface area contributed by atoms with Gasteiger partial charge in [-0.2, -0.15) is 0 Å². The molecule has 1 aliphatic heterocycles. The maximum absolute atomic E-state index is 11.8. The van der Waals surface area contributed by atoms with E-state index in [1.165, 1.54) is 25.8 Å². The molecule has 98 valence electrons. The fourth-order valence-electron chi connectivity index (χ4n) is 2.59. The molecule has 1 saturated carbocycles. The van der Waals surface area contributed by atoms with Crippen LogP contribution in [0.2, 0.25) is 0 Å². The maximum Gasteiger partial charge on any atom is 0.319 e. The Labute approximate surface area is 104 Å². The number of nitrogens with zero attached hydrogens (tertiary/aromatic N) is 2. The molecule has 0 unspecified atom stereocenters. The predicted molar refractivity (Wildman–Crippen MR) is 69.0 cm³/mol. The molecule has 1 aliphatic carbocycles. The van der Waals surface area contributed by atoms with Gasteiger partial charge in [0.05, 0.1) is 0 Å². The third kappa shape index (κ3) is 3.35. The van der Waals surface area contributed by atoms with Gasteiger partial charge in [-0.25, -0.2) is 4.79 Å². The molecule has 2 rings (SSSR count). The van der Waals surface area contributed by atoms with Gasteiger partial charge in [0.15, 0.2) is 0 Å². The molecule has 2 aliphatic rings. The van der Waals surface area contributed by atoms with Crippen LogP contribution in [0.4, 0.5) is 4.79 Å². The quantitative estimate of drug-likeness (QED) is 0.810. The Morgan fingerprint density at radius 2 is 1.88 bits per heavy atom. The lowest BCUT2D eigenvalue weighted by Crippen LogP contribution is -2.48. The van der Waals surface area contributed by atoms with E-state index in [9.17, 15) is 4.79 Å². The monoisotopic (exact) mass is 239 g/mol. The highest BCUT2D eigenvalue weighted by Crippen LogP contribution is 2.25. The van der Waals surface area contributed by atoms with E-state index < -0.39 is 0 Å². The molecular formula is C13H25N3O. The van der Waals surface area contributed by atoms with Crippen molar-refractivity contribution in [2.24, 2.45) is 5.92 Å². The first kappa shape index (κ1) is 12.7. The Bertz CT molecular complexity index is 255. The van der Waals surface area contributed by atoms with Gasteiger partial charge >= 0.3 is 6.03 Å². The average Bonchev–Trinajstić information content (AvgIpc) is 2.27. The zero-order valence-electron chi connectivity index (χ0n) is 11.1. The molecule has 0 aromatic heterocycles. The number of nitrogens with one attached hydrogen (secondary N) is 1. The summed E-state index contributed by atoms with van der Waals surface area (Å²) in [5.74, 6) is 0.927. The Kier molecular flexibility index (Phi) is 4.26. The number of hydrogen-bond acceptors (Lipinski definition) is 2. The van der Waals surface area contributed by atoms with Crippen LogP contribution in [0.5, 0.6) is 0 Å². The summed E-state index contributed by atoms with van der Waals surface area (Å²) in [6.45, 7) is 2.99. The summed E-state index contributed by atoms with van der Waals surface area (Å²) < 4.78 is 0. The number of carbonyl (C=O) groups excluding carboxylic acids is 1. The molecule has 0 spiro atoms. The van der Waals surface area contributed by atoms with Crippen LogP contribution >= 0.6 is 0 Å². The number of carbonyl (C=O) groups is 1. The van der Waals surface area contributed by atoms with Crippen molar-refractivity contribution in [3.05, 3.63) is 0 Å². The second-order valence-electron chi connectivity index (χ2n) is 5.64. The maximum atomic E-state index is 11.8. The smallest absolute Gasteiger partial charge is 0.319 e. The van der Waals surface area contributed by atoms with Gasteiger partial charge in [-0.3, -0.25) is 0 Å². The Hall–Kier alpha value is -0.770. The van der Waals surface area contributed by atoms with Crippen LogP contribution < -0.4 is 5.32 Å². The van der Waals surface area contributed by atoms with Crippen LogP contribution in [0, 0.1) is 5.92 Å². The summed E-state index contributed by atoms with van der Waals surface area (Å²) in [5, 5.41) is 3.66. The second kappa shape index (κ2) is 5.71. The highest BCUT2D eigenvalue weighted by Gasteiger charge is 2.24. The highest BCUT2D eigenvalue weighted by molar-refractivity contribution is 5.73. The van der Waals surface area contributed by atoms with Crippen LogP contribution in [-0.4, -0.2) is 55.6 Å². The van der Waals surface area contributed by atoms with Crippen molar-refractivity contribution in [1.82, 2.24) is 15.1 Å². The molecule has 0 aromatic rings. The Morgan fingerprint density at radius 1 is 1.24 bits per heavy atom. The zero-order valence-corrected chi connectivity index (χ0v) is 11.1. The Morgan fingerprint density at radius 3 is 2.35 bits per heavy atom. The van der Waals surface area contributed by atoms with Crippen molar-refractivity contribution in [3.8, 4) is 0 Å². The van der Waals surface area contributed by atoms with Gasteiger partial charge in [0.25, 0.3) is 0 Å². The minimum absolute atomic E-state index is 0.155. The van der Waals surface area contributed by atoms with Crippen molar-refractivity contribution >= 4 is 6.03 Å². The van der Waals surface area contributed by atoms with E-state index >= 15 is 0 Å². The molecule has 1 N–H and O–H groups in total. The minimum atomic E-state index is 0.155. The van der Waals surface area contributed by atoms with Gasteiger partial charge in [0.1, 0.15) is 0 Å². The lowest BCUT2D eigenvalue weighted by molar-refractivity contribution is 0.150. The molecule has 2 fully saturated rings. The number of likely N-dealkylation sites (tertiary alicyclic amines) is 1. The van der Waals surface area contributed by atoms with Gasteiger partial charge in [-0.15, -0.1) is 0 Å². The molecule has 1 heterocycles. The van der Waals surface area contributed by atoms with Crippen LogP contribution in [0.25, 0.3) is 0 Å². The van der Waals surface area contributed by atoms with Crippen molar-refractivity contribution in [2.45, 2.75) is 38.1 Å². The van der Waals surface area contributed by atoms with E-state index in [-0.39, 0.29) is 6.03 Å². The first-order valence-corrected chi connectivity index (χ1v) is 6.86. The molecule has 17 heavy (non-hydrogen) atoms. The number of rotatable bonds is 3. The summed E-state index contributed by atoms with van der Waals surface area (Å²) in [4.78, 5) is 15.4. The number of amides is 2. The SMILES string of the molecule is CN(C)C(=O)N1CCC(NCC2CCC2)CC1. The number of piperidine rings is 1. The van der Waals surface area contributed by atoms with Crippen molar-refractivity contribution < 1.29 is 4.79 Å². The van der Waals surface area contributed by atoms with Gasteiger partial charge < -0.3 is 15.1 Å². The van der Waals surface area contributed by atoms with Crippen LogP contribution in [0.15, 0.2) is 0 Å². The van der Waals surface area contributed by atoms with Gasteiger partial charge in [0, 0.05) is 33.2 Å². The number of urea groups is 1. The first-order chi connectivity index (χ1) is 8.16. The first-order valence-electron chi connectivity index (χ1n) is 6.86. The molecule has 1 saturated heterocycles. The summed E-state index contributed by atoms with van der Waals surface area (Å²) in [5.41, 5.74) is 0. The lowest BCUT2D eigenvalue weighted by Gasteiger charge is -2.35. The standard InChI is InChI=1S/C13H25N3O/c1-15(2)13(17)16-8-6-12(7-9-16)14-10-11-4-3-5-11/h11-12,14H,3-10H2,1-2H3. The molecule has 0 atom stereocenters. The molecule has 4 heteroatoms. The summed E-state index contributed by atoms with van der Waals surface area (Å²) in [6, 6.07) is 0.782. The third-order valence-electron chi connectivity index (χ3n) is 4.07. The topological polar surface area (TPSA) is 35.6 Å². The summed E-state index contributed by atoms with van der Waals surface area (Å²) in [7, 11) is 3.65. The van der Waals surface area contributed by atoms with Crippen molar-refractivity contribution in [3.63, 3.8) is 0 Å². The fraction of sp³-hybridized carbons (Fsp3) is 0.923. The average molecular weight is 239 g/mol. The van der Waals surface area contributed by atoms with Crippen molar-refractivity contribution in [1.29, 1.82) is 0 Å². The fourth-order valence-corrected chi connectivity index (χ4v) is 2.59. The normalized spacial score (nSPS) is 22.4. The Balaban J connectivity index is 1.65. The van der Waals surface area contributed by atoms with E-state index in [4.69, 9.17) is 0 Å². The molecular weight excluding hydrogens is 214 g/mol. The highest BCUT2D eigenvalue weighted by atomic mass is 16.2. The van der Waals surface area contributed by atoms with Crippen LogP contribution in [0.1, 0.15) is 32.1 Å². The summed E-state index contributed by atoms with van der Waals surface area (Å²) in [6.07, 6.45) is 6.44. The van der Waals surface area contributed by atoms with E-state index in [2.05, 4.69) is 5.32 Å². The van der Waals surface area contributed by atoms with Crippen LogP contribution in [0.3, 0.4) is 0 Å². The number of hydrogen-bond donors (Lipinski definition) is 1. The lowest BCUT2D eigenvalue weighted by atomic mass is 9.85. The third-order valence-corrected chi connectivity index (χ3v) is 4.07. The van der Waals surface area contributed by atoms with Gasteiger partial charge in [-0.1, -0.05) is 6.42 Å². The zero-order chi connectivity index (χ0) is 12.3. The minimum Gasteiger partial charge on any atom is -0.331 e. The molecule has 0 bridgehead atoms. The molecule has 4 nitrogen and oxygen atoms in total. The van der Waals surface area contributed by atoms with Crippen LogP contribution in [-0.2, 0) is 0 Å². The largest absolute Gasteiger partial charge is 0.331 e. The van der Waals surface area contributed by atoms with Gasteiger partial charge in [-0.05, 0) is 38.1 Å². The van der Waals surface area contributed by atoms with E-state index in [1.54, 1.807) is 4.90 Å². The predicted octanol–water partition coefficient (Wildman–Crippen LogP) is 1.52. The van der Waals surface area contributed by atoms with E-state index in [0.29, 0.717) is 6.04 Å². The summed E-state index contributed by atoms with van der Waals surface area (Å²) >= 11 is 0. The molecule has 0 radical (unpaired) electrons. The van der Waals surface area contributed by atoms with Crippen molar-refractivity contribution in [2.75, 3.05) is 33.7 Å². The van der Waals surface area contributed by atoms with Gasteiger partial charge in [0.2, 0.25) is 0 Å². The van der Waals surface area contributed by atoms with E-state index in [0.717, 1.165) is 31.8 Å². The van der Waals surface area contributed by atoms with E-state index in [1.807, 2.05) is 19.0 Å². The molecule has 0 aromatic carbocycles. The molecule has 2 amide bonds.